The molecule has 0 radical (unpaired) electrons. The summed E-state index contributed by atoms with van der Waals surface area (Å²) in [4.78, 5) is 0. The van der Waals surface area contributed by atoms with Gasteiger partial charge in [0.2, 0.25) is 0 Å². The van der Waals surface area contributed by atoms with E-state index in [1.165, 1.54) is 64.7 Å². The Hall–Kier alpha value is -0.0800. The van der Waals surface area contributed by atoms with Crippen molar-refractivity contribution in [1.29, 1.82) is 0 Å². The van der Waals surface area contributed by atoms with Crippen molar-refractivity contribution in [2.75, 3.05) is 26.2 Å². The highest BCUT2D eigenvalue weighted by Gasteiger charge is 2.55. The lowest BCUT2D eigenvalue weighted by molar-refractivity contribution is -0.0427. The molecular formula is C16H28N2. The second-order valence-electron chi connectivity index (χ2n) is 7.56. The monoisotopic (exact) mass is 248 g/mol. The summed E-state index contributed by atoms with van der Waals surface area (Å²) >= 11 is 0. The summed E-state index contributed by atoms with van der Waals surface area (Å²) in [6, 6.07) is 0. The van der Waals surface area contributed by atoms with Gasteiger partial charge in [-0.3, -0.25) is 0 Å². The first kappa shape index (κ1) is 11.7. The Balaban J connectivity index is 1.60. The van der Waals surface area contributed by atoms with Crippen molar-refractivity contribution < 1.29 is 0 Å². The van der Waals surface area contributed by atoms with Crippen LogP contribution in [0.1, 0.15) is 51.4 Å². The number of piperidine rings is 1. The van der Waals surface area contributed by atoms with Gasteiger partial charge in [-0.25, -0.2) is 0 Å². The maximum Gasteiger partial charge on any atom is 0.00111 e. The number of nitrogens with one attached hydrogen (secondary N) is 2. The fourth-order valence-electron chi connectivity index (χ4n) is 5.90. The molecule has 3 unspecified atom stereocenters. The summed E-state index contributed by atoms with van der Waals surface area (Å²) in [7, 11) is 0. The molecule has 2 saturated heterocycles. The van der Waals surface area contributed by atoms with E-state index in [1.807, 2.05) is 0 Å². The Kier molecular flexibility index (Phi) is 2.74. The number of hydrogen-bond donors (Lipinski definition) is 2. The molecule has 0 amide bonds. The van der Waals surface area contributed by atoms with Gasteiger partial charge in [-0.05, 0) is 80.8 Å². The molecule has 2 saturated carbocycles. The van der Waals surface area contributed by atoms with Gasteiger partial charge in [-0.1, -0.05) is 12.8 Å². The van der Waals surface area contributed by atoms with Crippen LogP contribution < -0.4 is 10.6 Å². The first-order chi connectivity index (χ1) is 8.85. The van der Waals surface area contributed by atoms with Crippen molar-refractivity contribution in [3.63, 3.8) is 0 Å². The molecule has 3 atom stereocenters. The van der Waals surface area contributed by atoms with Crippen molar-refractivity contribution >= 4 is 0 Å². The lowest BCUT2D eigenvalue weighted by atomic mass is 9.52. The molecule has 0 aromatic heterocycles. The average Bonchev–Trinajstić information content (AvgIpc) is 2.98. The van der Waals surface area contributed by atoms with Crippen LogP contribution >= 0.6 is 0 Å². The van der Waals surface area contributed by atoms with Gasteiger partial charge in [0.25, 0.3) is 0 Å². The lowest BCUT2D eigenvalue weighted by Crippen LogP contribution is -2.54. The first-order valence-corrected chi connectivity index (χ1v) is 8.26. The Bertz CT molecular complexity index is 310. The van der Waals surface area contributed by atoms with E-state index in [9.17, 15) is 0 Å². The van der Waals surface area contributed by atoms with Crippen molar-refractivity contribution in [3.8, 4) is 0 Å². The van der Waals surface area contributed by atoms with Gasteiger partial charge in [0.1, 0.15) is 0 Å². The molecule has 102 valence electrons. The smallest absolute Gasteiger partial charge is 0.00111 e. The molecule has 2 N–H and O–H groups in total. The molecule has 2 heteroatoms. The minimum atomic E-state index is 0.701. The molecule has 2 spiro atoms. The zero-order valence-electron chi connectivity index (χ0n) is 11.6. The van der Waals surface area contributed by atoms with Crippen LogP contribution in [0.15, 0.2) is 0 Å². The first-order valence-electron chi connectivity index (χ1n) is 8.26. The summed E-state index contributed by atoms with van der Waals surface area (Å²) in [5, 5.41) is 7.39. The predicted octanol–water partition coefficient (Wildman–Crippen LogP) is 2.55. The zero-order chi connectivity index (χ0) is 12.1. The number of rotatable bonds is 1. The van der Waals surface area contributed by atoms with Crippen LogP contribution in [0.5, 0.6) is 0 Å². The van der Waals surface area contributed by atoms with Crippen LogP contribution in [-0.2, 0) is 0 Å². The van der Waals surface area contributed by atoms with E-state index in [2.05, 4.69) is 10.6 Å². The van der Waals surface area contributed by atoms with E-state index in [4.69, 9.17) is 0 Å². The topological polar surface area (TPSA) is 24.1 Å². The van der Waals surface area contributed by atoms with Gasteiger partial charge in [-0.15, -0.1) is 0 Å². The fraction of sp³-hybridized carbons (Fsp3) is 1.00. The highest BCUT2D eigenvalue weighted by Crippen LogP contribution is 2.60. The summed E-state index contributed by atoms with van der Waals surface area (Å²) < 4.78 is 0. The van der Waals surface area contributed by atoms with Crippen LogP contribution in [0.25, 0.3) is 0 Å². The Morgan fingerprint density at radius 3 is 2.22 bits per heavy atom. The molecular weight excluding hydrogens is 220 g/mol. The molecule has 0 aromatic rings. The van der Waals surface area contributed by atoms with Crippen molar-refractivity contribution in [1.82, 2.24) is 10.6 Å². The van der Waals surface area contributed by atoms with E-state index in [-0.39, 0.29) is 0 Å². The molecule has 2 heterocycles. The SMILES string of the molecule is C1CC2(C1)CCNCC2C1CCCC12CCNC2. The highest BCUT2D eigenvalue weighted by molar-refractivity contribution is 5.07. The van der Waals surface area contributed by atoms with Crippen LogP contribution in [0.4, 0.5) is 0 Å². The zero-order valence-corrected chi connectivity index (χ0v) is 11.6. The summed E-state index contributed by atoms with van der Waals surface area (Å²) in [6.45, 7) is 5.22. The molecule has 4 aliphatic rings. The van der Waals surface area contributed by atoms with E-state index < -0.39 is 0 Å². The van der Waals surface area contributed by atoms with Crippen LogP contribution in [0.2, 0.25) is 0 Å². The van der Waals surface area contributed by atoms with Gasteiger partial charge < -0.3 is 10.6 Å². The van der Waals surface area contributed by atoms with E-state index in [0.717, 1.165) is 17.3 Å². The Labute approximate surface area is 111 Å². The third-order valence-corrected chi connectivity index (χ3v) is 7.04. The number of hydrogen-bond acceptors (Lipinski definition) is 2. The molecule has 4 fully saturated rings. The minimum absolute atomic E-state index is 0.701. The third kappa shape index (κ3) is 1.54. The largest absolute Gasteiger partial charge is 0.316 e. The van der Waals surface area contributed by atoms with E-state index in [1.54, 1.807) is 12.8 Å². The molecule has 2 aliphatic carbocycles. The van der Waals surface area contributed by atoms with Crippen molar-refractivity contribution in [2.45, 2.75) is 51.4 Å². The molecule has 4 rings (SSSR count). The predicted molar refractivity (Wildman–Crippen MR) is 74.5 cm³/mol. The van der Waals surface area contributed by atoms with Crippen LogP contribution in [0.3, 0.4) is 0 Å². The molecule has 2 nitrogen and oxygen atoms in total. The minimum Gasteiger partial charge on any atom is -0.316 e. The standard InChI is InChI=1S/C16H28N2/c1-3-13(16(4-1)8-10-18-12-16)14-11-17-9-7-15(14)5-2-6-15/h13-14,17-18H,1-12H2. The highest BCUT2D eigenvalue weighted by atomic mass is 14.9. The maximum absolute atomic E-state index is 3.72. The molecule has 18 heavy (non-hydrogen) atoms. The fourth-order valence-corrected chi connectivity index (χ4v) is 5.90. The van der Waals surface area contributed by atoms with Gasteiger partial charge in [-0.2, -0.15) is 0 Å². The second kappa shape index (κ2) is 4.21. The van der Waals surface area contributed by atoms with Crippen molar-refractivity contribution in [2.24, 2.45) is 22.7 Å². The quantitative estimate of drug-likeness (QED) is 0.745. The van der Waals surface area contributed by atoms with E-state index in [0.29, 0.717) is 5.41 Å². The van der Waals surface area contributed by atoms with Gasteiger partial charge in [0.15, 0.2) is 0 Å². The van der Waals surface area contributed by atoms with Gasteiger partial charge >= 0.3 is 0 Å². The summed E-state index contributed by atoms with van der Waals surface area (Å²) in [6.07, 6.45) is 12.1. The summed E-state index contributed by atoms with van der Waals surface area (Å²) in [5.41, 5.74) is 1.47. The molecule has 0 bridgehead atoms. The molecule has 2 aliphatic heterocycles. The average molecular weight is 248 g/mol. The van der Waals surface area contributed by atoms with Gasteiger partial charge in [0, 0.05) is 6.54 Å². The van der Waals surface area contributed by atoms with Crippen LogP contribution in [-0.4, -0.2) is 26.2 Å². The normalized spacial score (nSPS) is 46.7. The lowest BCUT2D eigenvalue weighted by Gasteiger charge is -2.55. The van der Waals surface area contributed by atoms with Crippen molar-refractivity contribution in [3.05, 3.63) is 0 Å². The van der Waals surface area contributed by atoms with Crippen LogP contribution in [0, 0.1) is 22.7 Å². The summed E-state index contributed by atoms with van der Waals surface area (Å²) in [5.74, 6) is 2.03. The van der Waals surface area contributed by atoms with E-state index >= 15 is 0 Å². The molecule has 0 aromatic carbocycles. The van der Waals surface area contributed by atoms with Gasteiger partial charge in [0.05, 0.1) is 0 Å². The maximum atomic E-state index is 3.72. The Morgan fingerprint density at radius 1 is 0.722 bits per heavy atom. The third-order valence-electron chi connectivity index (χ3n) is 7.04. The Morgan fingerprint density at radius 2 is 1.50 bits per heavy atom. The second-order valence-corrected chi connectivity index (χ2v) is 7.56.